The number of hydrogen-bond donors (Lipinski definition) is 2. The highest BCUT2D eigenvalue weighted by Gasteiger charge is 2.60. The summed E-state index contributed by atoms with van der Waals surface area (Å²) in [4.78, 5) is 12.1. The molecule has 0 aromatic heterocycles. The number of aliphatic hydroxyl groups is 1. The van der Waals surface area contributed by atoms with Crippen LogP contribution in [0.2, 0.25) is 0 Å². The van der Waals surface area contributed by atoms with Gasteiger partial charge in [-0.1, -0.05) is 13.8 Å². The van der Waals surface area contributed by atoms with Crippen molar-refractivity contribution in [3.05, 3.63) is 0 Å². The second kappa shape index (κ2) is 6.04. The minimum absolute atomic E-state index is 0.0206. The van der Waals surface area contributed by atoms with Crippen LogP contribution >= 0.6 is 0 Å². The van der Waals surface area contributed by atoms with Crippen molar-refractivity contribution in [2.24, 2.45) is 11.3 Å². The Morgan fingerprint density at radius 3 is 2.41 bits per heavy atom. The van der Waals surface area contributed by atoms with Crippen molar-refractivity contribution in [3.8, 4) is 0 Å². The summed E-state index contributed by atoms with van der Waals surface area (Å²) in [5, 5.41) is 13.4. The number of rotatable bonds is 5. The van der Waals surface area contributed by atoms with Crippen LogP contribution in [0.1, 0.15) is 52.9 Å². The van der Waals surface area contributed by atoms with Gasteiger partial charge in [-0.3, -0.25) is 4.79 Å². The topological polar surface area (TPSA) is 58.6 Å². The standard InChI is InChI=1S/C16H27F2NO3/c1-4-22-12-9-15(21,14(12,2)3)10-19-13(20)11-5-7-16(17,18)8-6-11/h11-12,21H,4-10H2,1-3H3,(H,19,20)/t12-,15-/m1/s1. The molecule has 0 saturated heterocycles. The molecule has 0 radical (unpaired) electrons. The second-order valence-corrected chi connectivity index (χ2v) is 7.25. The lowest BCUT2D eigenvalue weighted by molar-refractivity contribution is -0.238. The van der Waals surface area contributed by atoms with E-state index in [0.717, 1.165) is 0 Å². The van der Waals surface area contributed by atoms with Crippen LogP contribution in [0, 0.1) is 11.3 Å². The molecule has 0 unspecified atom stereocenters. The van der Waals surface area contributed by atoms with Gasteiger partial charge in [0, 0.05) is 43.7 Å². The Morgan fingerprint density at radius 1 is 1.32 bits per heavy atom. The lowest BCUT2D eigenvalue weighted by Crippen LogP contribution is -2.69. The Labute approximate surface area is 130 Å². The Hall–Kier alpha value is -0.750. The molecule has 0 aromatic rings. The number of carbonyl (C=O) groups is 1. The normalized spacial score (nSPS) is 34.0. The average Bonchev–Trinajstić information content (AvgIpc) is 2.44. The Kier molecular flexibility index (Phi) is 4.83. The van der Waals surface area contributed by atoms with Crippen molar-refractivity contribution in [1.82, 2.24) is 5.32 Å². The van der Waals surface area contributed by atoms with Crippen LogP contribution in [-0.2, 0) is 9.53 Å². The first kappa shape index (κ1) is 17.6. The van der Waals surface area contributed by atoms with Crippen molar-refractivity contribution < 1.29 is 23.4 Å². The van der Waals surface area contributed by atoms with E-state index >= 15 is 0 Å². The van der Waals surface area contributed by atoms with Crippen molar-refractivity contribution >= 4 is 5.91 Å². The van der Waals surface area contributed by atoms with Crippen molar-refractivity contribution in [2.75, 3.05) is 13.2 Å². The maximum Gasteiger partial charge on any atom is 0.248 e. The molecule has 0 aromatic carbocycles. The number of nitrogens with one attached hydrogen (secondary N) is 1. The summed E-state index contributed by atoms with van der Waals surface area (Å²) in [5.41, 5.74) is -1.43. The Morgan fingerprint density at radius 2 is 1.91 bits per heavy atom. The number of alkyl halides is 2. The van der Waals surface area contributed by atoms with Crippen LogP contribution < -0.4 is 5.32 Å². The number of carbonyl (C=O) groups excluding carboxylic acids is 1. The van der Waals surface area contributed by atoms with Crippen molar-refractivity contribution in [3.63, 3.8) is 0 Å². The van der Waals surface area contributed by atoms with E-state index in [2.05, 4.69) is 5.32 Å². The van der Waals surface area contributed by atoms with E-state index in [1.807, 2.05) is 20.8 Å². The highest BCUT2D eigenvalue weighted by atomic mass is 19.3. The molecule has 2 fully saturated rings. The van der Waals surface area contributed by atoms with E-state index < -0.39 is 16.9 Å². The quantitative estimate of drug-likeness (QED) is 0.818. The SMILES string of the molecule is CCO[C@@H]1C[C@@](O)(CNC(=O)C2CCC(F)(F)CC2)C1(C)C. The average molecular weight is 319 g/mol. The summed E-state index contributed by atoms with van der Waals surface area (Å²) in [6.45, 7) is 6.49. The van der Waals surface area contributed by atoms with E-state index in [1.54, 1.807) is 0 Å². The summed E-state index contributed by atoms with van der Waals surface area (Å²) in [5.74, 6) is -3.22. The molecule has 4 nitrogen and oxygen atoms in total. The summed E-state index contributed by atoms with van der Waals surface area (Å²) >= 11 is 0. The maximum atomic E-state index is 13.1. The van der Waals surface area contributed by atoms with Crippen LogP contribution in [0.4, 0.5) is 8.78 Å². The van der Waals surface area contributed by atoms with Gasteiger partial charge in [0.15, 0.2) is 0 Å². The molecule has 0 spiro atoms. The molecule has 2 aliphatic carbocycles. The van der Waals surface area contributed by atoms with Gasteiger partial charge in [-0.2, -0.15) is 0 Å². The molecule has 2 atom stereocenters. The minimum Gasteiger partial charge on any atom is -0.387 e. The van der Waals surface area contributed by atoms with Crippen LogP contribution in [0.3, 0.4) is 0 Å². The fraction of sp³-hybridized carbons (Fsp3) is 0.938. The molecule has 2 saturated carbocycles. The molecule has 0 heterocycles. The molecule has 22 heavy (non-hydrogen) atoms. The minimum atomic E-state index is -2.63. The third kappa shape index (κ3) is 3.27. The van der Waals surface area contributed by atoms with Gasteiger partial charge in [0.2, 0.25) is 11.8 Å². The van der Waals surface area contributed by atoms with Gasteiger partial charge in [0.25, 0.3) is 0 Å². The van der Waals surface area contributed by atoms with E-state index in [1.165, 1.54) is 0 Å². The highest BCUT2D eigenvalue weighted by Crippen LogP contribution is 2.51. The Balaban J connectivity index is 1.82. The molecule has 2 rings (SSSR count). The molecular formula is C16H27F2NO3. The third-order valence-corrected chi connectivity index (χ3v) is 5.54. The fourth-order valence-corrected chi connectivity index (χ4v) is 3.44. The van der Waals surface area contributed by atoms with Crippen LogP contribution in [0.15, 0.2) is 0 Å². The first-order valence-electron chi connectivity index (χ1n) is 8.11. The lowest BCUT2D eigenvalue weighted by atomic mass is 9.56. The monoisotopic (exact) mass is 319 g/mol. The predicted octanol–water partition coefficient (Wildman–Crippen LogP) is 2.49. The Bertz CT molecular complexity index is 418. The smallest absolute Gasteiger partial charge is 0.248 e. The summed E-state index contributed by atoms with van der Waals surface area (Å²) in [6.07, 6.45) is 0.426. The molecule has 128 valence electrons. The number of amides is 1. The number of ether oxygens (including phenoxy) is 1. The maximum absolute atomic E-state index is 13.1. The molecule has 6 heteroatoms. The zero-order valence-electron chi connectivity index (χ0n) is 13.6. The van der Waals surface area contributed by atoms with Gasteiger partial charge in [0.1, 0.15) is 0 Å². The van der Waals surface area contributed by atoms with Gasteiger partial charge in [-0.05, 0) is 19.8 Å². The molecule has 0 bridgehead atoms. The lowest BCUT2D eigenvalue weighted by Gasteiger charge is -2.58. The van der Waals surface area contributed by atoms with Gasteiger partial charge < -0.3 is 15.2 Å². The van der Waals surface area contributed by atoms with Gasteiger partial charge in [0.05, 0.1) is 11.7 Å². The molecule has 1 amide bonds. The van der Waals surface area contributed by atoms with Crippen LogP contribution in [-0.4, -0.2) is 41.8 Å². The summed E-state index contributed by atoms with van der Waals surface area (Å²) in [7, 11) is 0. The van der Waals surface area contributed by atoms with E-state index in [-0.39, 0.29) is 50.2 Å². The molecular weight excluding hydrogens is 292 g/mol. The number of halogens is 2. The van der Waals surface area contributed by atoms with Gasteiger partial charge in [-0.15, -0.1) is 0 Å². The fourth-order valence-electron chi connectivity index (χ4n) is 3.44. The van der Waals surface area contributed by atoms with Crippen LogP contribution in [0.25, 0.3) is 0 Å². The highest BCUT2D eigenvalue weighted by molar-refractivity contribution is 5.78. The first-order chi connectivity index (χ1) is 10.1. The zero-order valence-corrected chi connectivity index (χ0v) is 13.6. The van der Waals surface area contributed by atoms with E-state index in [9.17, 15) is 18.7 Å². The molecule has 0 aliphatic heterocycles. The zero-order chi connectivity index (χ0) is 16.6. The molecule has 2 aliphatic rings. The predicted molar refractivity (Wildman–Crippen MR) is 78.7 cm³/mol. The summed E-state index contributed by atoms with van der Waals surface area (Å²) in [6, 6.07) is 0. The summed E-state index contributed by atoms with van der Waals surface area (Å²) < 4.78 is 31.8. The van der Waals surface area contributed by atoms with Crippen molar-refractivity contribution in [2.45, 2.75) is 70.5 Å². The largest absolute Gasteiger partial charge is 0.387 e. The van der Waals surface area contributed by atoms with Gasteiger partial charge >= 0.3 is 0 Å². The van der Waals surface area contributed by atoms with Crippen molar-refractivity contribution in [1.29, 1.82) is 0 Å². The van der Waals surface area contributed by atoms with Gasteiger partial charge in [-0.25, -0.2) is 8.78 Å². The molecule has 2 N–H and O–H groups in total. The second-order valence-electron chi connectivity index (χ2n) is 7.25. The number of hydrogen-bond acceptors (Lipinski definition) is 3. The van der Waals surface area contributed by atoms with E-state index in [4.69, 9.17) is 4.74 Å². The van der Waals surface area contributed by atoms with Crippen LogP contribution in [0.5, 0.6) is 0 Å². The first-order valence-corrected chi connectivity index (χ1v) is 8.11. The third-order valence-electron chi connectivity index (χ3n) is 5.54. The van der Waals surface area contributed by atoms with E-state index in [0.29, 0.717) is 13.0 Å².